The molecular formula is C49H49FN10O6S. The number of carbonyl (C=O) groups is 5. The third kappa shape index (κ3) is 9.13. The van der Waals surface area contributed by atoms with Crippen LogP contribution in [0.1, 0.15) is 95.3 Å². The number of aryl methyl sites for hydroxylation is 1. The quantitative estimate of drug-likeness (QED) is 0.129. The number of nitriles is 1. The van der Waals surface area contributed by atoms with Crippen molar-refractivity contribution in [3.8, 4) is 22.9 Å². The van der Waals surface area contributed by atoms with E-state index in [2.05, 4.69) is 36.9 Å². The lowest BCUT2D eigenvalue weighted by atomic mass is 9.86. The molecule has 5 aliphatic rings. The van der Waals surface area contributed by atoms with Crippen molar-refractivity contribution in [2.45, 2.75) is 88.6 Å². The molecule has 0 saturated carbocycles. The molecule has 2 aromatic heterocycles. The second-order valence-corrected chi connectivity index (χ2v) is 18.7. The first-order chi connectivity index (χ1) is 32.6. The molecular weight excluding hydrogens is 876 g/mol. The van der Waals surface area contributed by atoms with E-state index in [0.29, 0.717) is 77.8 Å². The topological polar surface area (TPSA) is 195 Å². The number of imidazole rings is 1. The van der Waals surface area contributed by atoms with Gasteiger partial charge in [-0.15, -0.1) is 11.3 Å². The van der Waals surface area contributed by atoms with Crippen LogP contribution in [0.2, 0.25) is 0 Å². The molecule has 3 saturated heterocycles. The highest BCUT2D eigenvalue weighted by molar-refractivity contribution is 7.13. The van der Waals surface area contributed by atoms with E-state index in [-0.39, 0.29) is 53.8 Å². The van der Waals surface area contributed by atoms with Gasteiger partial charge in [0.2, 0.25) is 17.7 Å². The van der Waals surface area contributed by atoms with Crippen molar-refractivity contribution < 1.29 is 33.1 Å². The van der Waals surface area contributed by atoms with E-state index >= 15 is 4.39 Å². The van der Waals surface area contributed by atoms with Crippen LogP contribution in [-0.2, 0) is 38.7 Å². The van der Waals surface area contributed by atoms with Crippen LogP contribution in [0.3, 0.4) is 0 Å². The van der Waals surface area contributed by atoms with Crippen molar-refractivity contribution in [2.24, 2.45) is 0 Å². The van der Waals surface area contributed by atoms with Crippen LogP contribution < -0.4 is 20.7 Å². The molecule has 3 aromatic carbocycles. The molecule has 2 atom stereocenters. The number of likely N-dealkylation sites (tertiary alicyclic amines) is 2. The Morgan fingerprint density at radius 3 is 2.49 bits per heavy atom. The van der Waals surface area contributed by atoms with Crippen molar-refractivity contribution in [3.63, 3.8) is 0 Å². The van der Waals surface area contributed by atoms with Crippen molar-refractivity contribution >= 4 is 51.7 Å². The number of carbonyl (C=O) groups excluding carboxylic acids is 5. The number of piperidine rings is 3. The Bertz CT molecular complexity index is 2770. The number of hydrogen-bond acceptors (Lipinski definition) is 12. The smallest absolute Gasteiger partial charge is 0.255 e. The molecule has 0 bridgehead atoms. The molecule has 5 amide bonds. The van der Waals surface area contributed by atoms with Gasteiger partial charge in [0.1, 0.15) is 23.7 Å². The van der Waals surface area contributed by atoms with Crippen LogP contribution in [0.15, 0.2) is 72.5 Å². The van der Waals surface area contributed by atoms with Gasteiger partial charge in [-0.05, 0) is 104 Å². The number of halogens is 1. The number of amides is 5. The third-order valence-corrected chi connectivity index (χ3v) is 14.4. The first kappa shape index (κ1) is 43.9. The average Bonchev–Trinajstić information content (AvgIpc) is 4.16. The fraction of sp³-hybridized carbons (Fsp3) is 0.388. The van der Waals surface area contributed by atoms with Gasteiger partial charge in [-0.25, -0.2) is 14.4 Å². The molecule has 2 unspecified atom stereocenters. The Balaban J connectivity index is 0.709. The van der Waals surface area contributed by atoms with Gasteiger partial charge in [-0.2, -0.15) is 5.26 Å². The minimum absolute atomic E-state index is 0.0731. The van der Waals surface area contributed by atoms with Gasteiger partial charge >= 0.3 is 0 Å². The predicted octanol–water partition coefficient (Wildman–Crippen LogP) is 5.77. The second kappa shape index (κ2) is 18.7. The van der Waals surface area contributed by atoms with Crippen LogP contribution in [0.4, 0.5) is 15.2 Å². The molecule has 7 heterocycles. The highest BCUT2D eigenvalue weighted by Gasteiger charge is 2.42. The number of hydrogen-bond donors (Lipinski definition) is 3. The standard InChI is InChI=1S/C49H49FN10O6S/c50-39-24-31(23-37-38(39)26-60(48(37)65)45(47(64)56-49-52-15-21-67-49)44-41-2-1-16-59(41)28-53-44)29-3-6-34(7-4-29)66-35-13-19-58(20-14-35)43(62)27-57-17-11-30(12-18-57)36-8-5-33(22-32(36)25-51)54-40-9-10-42(61)55-46(40)63/h3-8,15,21-24,28,30,35,40,45,54H,1-2,9-14,16-20,26-27H2,(H,52,56,64)(H,55,61,63). The lowest BCUT2D eigenvalue weighted by Gasteiger charge is -2.36. The van der Waals surface area contributed by atoms with Crippen LogP contribution >= 0.6 is 11.3 Å². The summed E-state index contributed by atoms with van der Waals surface area (Å²) in [6.07, 6.45) is 8.51. The summed E-state index contributed by atoms with van der Waals surface area (Å²) in [5.74, 6) is -1.13. The molecule has 3 fully saturated rings. The molecule has 16 nitrogen and oxygen atoms in total. The van der Waals surface area contributed by atoms with Gasteiger partial charge in [0.25, 0.3) is 11.8 Å². The number of ether oxygens (including phenoxy) is 1. The van der Waals surface area contributed by atoms with E-state index in [1.54, 1.807) is 30.0 Å². The fourth-order valence-corrected chi connectivity index (χ4v) is 10.7. The number of thiazole rings is 1. The van der Waals surface area contributed by atoms with Gasteiger partial charge in [0.05, 0.1) is 36.7 Å². The first-order valence-corrected chi connectivity index (χ1v) is 23.8. The summed E-state index contributed by atoms with van der Waals surface area (Å²) in [6.45, 7) is 3.68. The van der Waals surface area contributed by atoms with Crippen LogP contribution in [0.5, 0.6) is 5.75 Å². The number of imide groups is 1. The number of fused-ring (bicyclic) bond motifs is 2. The molecule has 67 heavy (non-hydrogen) atoms. The number of nitrogens with one attached hydrogen (secondary N) is 3. The first-order valence-electron chi connectivity index (χ1n) is 22.9. The molecule has 0 spiro atoms. The maximum atomic E-state index is 15.9. The zero-order valence-electron chi connectivity index (χ0n) is 36.7. The van der Waals surface area contributed by atoms with Gasteiger partial charge in [-0.1, -0.05) is 18.2 Å². The summed E-state index contributed by atoms with van der Waals surface area (Å²) in [6, 6.07) is 16.8. The highest BCUT2D eigenvalue weighted by atomic mass is 32.1. The maximum absolute atomic E-state index is 15.9. The van der Waals surface area contributed by atoms with Gasteiger partial charge in [0, 0.05) is 73.0 Å². The Morgan fingerprint density at radius 1 is 0.940 bits per heavy atom. The molecule has 18 heteroatoms. The Hall–Kier alpha value is -6.97. The zero-order valence-corrected chi connectivity index (χ0v) is 37.5. The van der Waals surface area contributed by atoms with E-state index in [4.69, 9.17) is 4.74 Å². The van der Waals surface area contributed by atoms with Gasteiger partial charge < -0.3 is 24.4 Å². The van der Waals surface area contributed by atoms with Gasteiger partial charge in [0.15, 0.2) is 11.2 Å². The average molecular weight is 925 g/mol. The number of aromatic nitrogens is 3. The summed E-state index contributed by atoms with van der Waals surface area (Å²) in [4.78, 5) is 79.4. The summed E-state index contributed by atoms with van der Waals surface area (Å²) in [5, 5.41) is 20.5. The maximum Gasteiger partial charge on any atom is 0.255 e. The Kier molecular flexibility index (Phi) is 12.3. The normalized spacial score (nSPS) is 19.4. The SMILES string of the molecule is N#Cc1cc(NC2CCC(=O)NC2=O)ccc1C1CCN(CC(=O)N2CCC(Oc3ccc(-c4cc(F)c5c(c4)C(=O)N(C(C(=O)Nc4nccs4)c4ncn6c4CCC6)C5)cc3)CC2)CC1. The van der Waals surface area contributed by atoms with Crippen LogP contribution in [-0.4, -0.2) is 104 Å². The molecule has 10 rings (SSSR count). The van der Waals surface area contributed by atoms with Crippen molar-refractivity contribution in [3.05, 3.63) is 112 Å². The largest absolute Gasteiger partial charge is 0.490 e. The number of anilines is 2. The second-order valence-electron chi connectivity index (χ2n) is 17.9. The fourth-order valence-electron chi connectivity index (χ4n) is 10.1. The summed E-state index contributed by atoms with van der Waals surface area (Å²) < 4.78 is 24.3. The number of nitrogens with zero attached hydrogens (tertiary/aromatic N) is 7. The molecule has 344 valence electrons. The van der Waals surface area contributed by atoms with Crippen molar-refractivity contribution in [1.82, 2.24) is 34.6 Å². The summed E-state index contributed by atoms with van der Waals surface area (Å²) in [7, 11) is 0. The van der Waals surface area contributed by atoms with Crippen LogP contribution in [0, 0.1) is 17.1 Å². The van der Waals surface area contributed by atoms with Gasteiger partial charge in [-0.3, -0.25) is 39.5 Å². The van der Waals surface area contributed by atoms with E-state index in [9.17, 15) is 29.2 Å². The predicted molar refractivity (Wildman–Crippen MR) is 245 cm³/mol. The molecule has 5 aromatic rings. The Labute approximate surface area is 390 Å². The summed E-state index contributed by atoms with van der Waals surface area (Å²) >= 11 is 1.27. The van der Waals surface area contributed by atoms with Crippen LogP contribution in [0.25, 0.3) is 11.1 Å². The lowest BCUT2D eigenvalue weighted by Crippen LogP contribution is -2.47. The Morgan fingerprint density at radius 2 is 1.75 bits per heavy atom. The third-order valence-electron chi connectivity index (χ3n) is 13.7. The molecule has 0 aliphatic carbocycles. The van der Waals surface area contributed by atoms with Crippen molar-refractivity contribution in [1.29, 1.82) is 5.26 Å². The van der Waals surface area contributed by atoms with E-state index in [1.165, 1.54) is 22.3 Å². The zero-order chi connectivity index (χ0) is 46.2. The van der Waals surface area contributed by atoms with E-state index in [1.807, 2.05) is 45.9 Å². The highest BCUT2D eigenvalue weighted by Crippen LogP contribution is 2.39. The monoisotopic (exact) mass is 924 g/mol. The van der Waals surface area contributed by atoms with E-state index < -0.39 is 29.7 Å². The van der Waals surface area contributed by atoms with E-state index in [0.717, 1.165) is 56.6 Å². The molecule has 0 radical (unpaired) electrons. The molecule has 3 N–H and O–H groups in total. The minimum atomic E-state index is -1.07. The minimum Gasteiger partial charge on any atom is -0.490 e. The molecule has 5 aliphatic heterocycles. The number of benzene rings is 3. The van der Waals surface area contributed by atoms with Crippen molar-refractivity contribution in [2.75, 3.05) is 43.4 Å². The lowest BCUT2D eigenvalue weighted by molar-refractivity contribution is -0.135. The number of rotatable bonds is 12. The summed E-state index contributed by atoms with van der Waals surface area (Å²) in [5.41, 5.74) is 5.27.